The van der Waals surface area contributed by atoms with Gasteiger partial charge in [0.1, 0.15) is 5.83 Å². The van der Waals surface area contributed by atoms with Crippen LogP contribution in [0.1, 0.15) is 52.9 Å². The van der Waals surface area contributed by atoms with Crippen molar-refractivity contribution in [1.29, 1.82) is 0 Å². The molecule has 0 amide bonds. The zero-order chi connectivity index (χ0) is 12.7. The predicted molar refractivity (Wildman–Crippen MR) is 72.9 cm³/mol. The summed E-state index contributed by atoms with van der Waals surface area (Å²) in [5.74, 6) is 1.01. The molecule has 1 rings (SSSR count). The normalized spacial score (nSPS) is 25.6. The quantitative estimate of drug-likeness (QED) is 0.648. The molecule has 1 aliphatic heterocycles. The summed E-state index contributed by atoms with van der Waals surface area (Å²) in [5, 5.41) is 0. The Bertz CT molecular complexity index is 315. The Morgan fingerprint density at radius 3 is 2.76 bits per heavy atom. The lowest BCUT2D eigenvalue weighted by atomic mass is 9.87. The fraction of sp³-hybridized carbons (Fsp3) is 0.667. The zero-order valence-corrected chi connectivity index (χ0v) is 11.2. The van der Waals surface area contributed by atoms with Crippen LogP contribution >= 0.6 is 0 Å². The van der Waals surface area contributed by atoms with E-state index in [0.29, 0.717) is 11.8 Å². The highest BCUT2D eigenvalue weighted by atomic mass is 19.1. The van der Waals surface area contributed by atoms with Gasteiger partial charge in [-0.05, 0) is 43.1 Å². The summed E-state index contributed by atoms with van der Waals surface area (Å²) in [6.45, 7) is 6.63. The van der Waals surface area contributed by atoms with E-state index in [0.717, 1.165) is 37.7 Å². The molecule has 0 aliphatic carbocycles. The molecular weight excluding hydrogens is 213 g/mol. The van der Waals surface area contributed by atoms with Crippen LogP contribution < -0.4 is 0 Å². The van der Waals surface area contributed by atoms with Gasteiger partial charge in [0, 0.05) is 6.21 Å². The number of hydrogen-bond acceptors (Lipinski definition) is 1. The van der Waals surface area contributed by atoms with Gasteiger partial charge in [-0.25, -0.2) is 4.39 Å². The molecule has 17 heavy (non-hydrogen) atoms. The maximum atomic E-state index is 13.9. The third-order valence-corrected chi connectivity index (χ3v) is 3.69. The second-order valence-electron chi connectivity index (χ2n) is 5.04. The molecular formula is C15H24FN. The van der Waals surface area contributed by atoms with Crippen LogP contribution in [-0.2, 0) is 0 Å². The number of allylic oxidation sites excluding steroid dienone is 3. The Labute approximate surface area is 105 Å². The fourth-order valence-electron chi connectivity index (χ4n) is 1.99. The molecule has 0 aromatic heterocycles. The van der Waals surface area contributed by atoms with Gasteiger partial charge in [0.25, 0.3) is 0 Å². The minimum Gasteiger partial charge on any atom is -0.266 e. The molecule has 0 bridgehead atoms. The van der Waals surface area contributed by atoms with Crippen molar-refractivity contribution in [2.45, 2.75) is 52.9 Å². The van der Waals surface area contributed by atoms with Crippen LogP contribution in [0.15, 0.2) is 28.7 Å². The van der Waals surface area contributed by atoms with Gasteiger partial charge in [-0.15, -0.1) is 0 Å². The molecule has 0 N–H and O–H groups in total. The summed E-state index contributed by atoms with van der Waals surface area (Å²) in [4.78, 5) is 3.99. The van der Waals surface area contributed by atoms with Crippen molar-refractivity contribution in [3.05, 3.63) is 23.7 Å². The number of nitrogens with zero attached hydrogens (tertiary/aromatic N) is 1. The molecule has 2 heteroatoms. The van der Waals surface area contributed by atoms with Crippen LogP contribution in [0.25, 0.3) is 0 Å². The minimum absolute atomic E-state index is 0.154. The molecule has 0 aromatic rings. The Morgan fingerprint density at radius 1 is 1.29 bits per heavy atom. The zero-order valence-electron chi connectivity index (χ0n) is 11.2. The van der Waals surface area contributed by atoms with Crippen molar-refractivity contribution in [2.75, 3.05) is 0 Å². The largest absolute Gasteiger partial charge is 0.266 e. The van der Waals surface area contributed by atoms with E-state index in [2.05, 4.69) is 31.8 Å². The first-order valence-corrected chi connectivity index (χ1v) is 6.71. The SMILES string of the molecule is CCC(C)C(C)CC1=CCCC/C=N\C=C/1F. The molecule has 2 unspecified atom stereocenters. The van der Waals surface area contributed by atoms with Gasteiger partial charge < -0.3 is 0 Å². The number of hydrogen-bond donors (Lipinski definition) is 0. The fourth-order valence-corrected chi connectivity index (χ4v) is 1.99. The highest BCUT2D eigenvalue weighted by molar-refractivity contribution is 5.58. The molecule has 1 aliphatic rings. The van der Waals surface area contributed by atoms with E-state index in [-0.39, 0.29) is 5.83 Å². The topological polar surface area (TPSA) is 12.4 Å². The first-order valence-electron chi connectivity index (χ1n) is 6.71. The molecule has 96 valence electrons. The van der Waals surface area contributed by atoms with Gasteiger partial charge in [0.2, 0.25) is 0 Å². The van der Waals surface area contributed by atoms with E-state index in [9.17, 15) is 4.39 Å². The van der Waals surface area contributed by atoms with Crippen molar-refractivity contribution in [3.63, 3.8) is 0 Å². The van der Waals surface area contributed by atoms with Crippen molar-refractivity contribution in [1.82, 2.24) is 0 Å². The van der Waals surface area contributed by atoms with E-state index in [1.165, 1.54) is 6.20 Å². The van der Waals surface area contributed by atoms with Crippen LogP contribution in [0.5, 0.6) is 0 Å². The van der Waals surface area contributed by atoms with Crippen molar-refractivity contribution in [3.8, 4) is 0 Å². The molecule has 2 atom stereocenters. The molecule has 0 saturated heterocycles. The Hall–Kier alpha value is -0.920. The third-order valence-electron chi connectivity index (χ3n) is 3.69. The molecule has 0 aromatic carbocycles. The lowest BCUT2D eigenvalue weighted by Gasteiger charge is -2.19. The summed E-state index contributed by atoms with van der Waals surface area (Å²) < 4.78 is 13.9. The second kappa shape index (κ2) is 7.41. The van der Waals surface area contributed by atoms with E-state index in [4.69, 9.17) is 0 Å². The maximum absolute atomic E-state index is 13.9. The summed E-state index contributed by atoms with van der Waals surface area (Å²) in [6, 6.07) is 0. The monoisotopic (exact) mass is 237 g/mol. The molecule has 0 spiro atoms. The lowest BCUT2D eigenvalue weighted by Crippen LogP contribution is -2.08. The highest BCUT2D eigenvalue weighted by Crippen LogP contribution is 2.27. The smallest absolute Gasteiger partial charge is 0.144 e. The van der Waals surface area contributed by atoms with Gasteiger partial charge in [-0.1, -0.05) is 33.3 Å². The van der Waals surface area contributed by atoms with Crippen LogP contribution in [0.4, 0.5) is 4.39 Å². The number of aliphatic imine (C=N–C) groups is 1. The average molecular weight is 237 g/mol. The molecule has 0 radical (unpaired) electrons. The molecule has 0 fully saturated rings. The molecule has 1 heterocycles. The van der Waals surface area contributed by atoms with Crippen LogP contribution in [0.3, 0.4) is 0 Å². The minimum atomic E-state index is -0.154. The van der Waals surface area contributed by atoms with E-state index >= 15 is 0 Å². The Kier molecular flexibility index (Phi) is 6.17. The van der Waals surface area contributed by atoms with E-state index in [1.54, 1.807) is 6.21 Å². The lowest BCUT2D eigenvalue weighted by molar-refractivity contribution is 0.371. The van der Waals surface area contributed by atoms with E-state index < -0.39 is 0 Å². The van der Waals surface area contributed by atoms with Gasteiger partial charge >= 0.3 is 0 Å². The van der Waals surface area contributed by atoms with Crippen LogP contribution in [0.2, 0.25) is 0 Å². The van der Waals surface area contributed by atoms with Crippen molar-refractivity contribution >= 4 is 6.21 Å². The summed E-state index contributed by atoms with van der Waals surface area (Å²) in [5.41, 5.74) is 0.844. The Morgan fingerprint density at radius 2 is 2.06 bits per heavy atom. The van der Waals surface area contributed by atoms with E-state index in [1.807, 2.05) is 0 Å². The number of halogens is 1. The highest BCUT2D eigenvalue weighted by Gasteiger charge is 2.15. The van der Waals surface area contributed by atoms with Gasteiger partial charge in [0.15, 0.2) is 0 Å². The number of rotatable bonds is 4. The maximum Gasteiger partial charge on any atom is 0.144 e. The first-order chi connectivity index (χ1) is 8.15. The standard InChI is InChI=1S/C15H24FN/c1-4-12(2)13(3)10-14-8-6-5-7-9-17-11-15(14)16/h8-9,11-13H,4-7,10H2,1-3H3/b14-8?,15-11+,17-9-. The first kappa shape index (κ1) is 14.1. The van der Waals surface area contributed by atoms with Gasteiger partial charge in [-0.2, -0.15) is 0 Å². The van der Waals surface area contributed by atoms with Crippen LogP contribution in [-0.4, -0.2) is 6.21 Å². The predicted octanol–water partition coefficient (Wildman–Crippen LogP) is 5.05. The summed E-state index contributed by atoms with van der Waals surface area (Å²) in [6.07, 6.45) is 10.1. The summed E-state index contributed by atoms with van der Waals surface area (Å²) >= 11 is 0. The molecule has 0 saturated carbocycles. The Balaban J connectivity index is 2.71. The van der Waals surface area contributed by atoms with Crippen molar-refractivity contribution in [2.24, 2.45) is 16.8 Å². The van der Waals surface area contributed by atoms with Crippen LogP contribution in [0, 0.1) is 11.8 Å². The molecule has 1 nitrogen and oxygen atoms in total. The van der Waals surface area contributed by atoms with Crippen molar-refractivity contribution < 1.29 is 4.39 Å². The second-order valence-corrected chi connectivity index (χ2v) is 5.04. The average Bonchev–Trinajstić information content (AvgIpc) is 2.42. The van der Waals surface area contributed by atoms with Gasteiger partial charge in [0.05, 0.1) is 6.20 Å². The van der Waals surface area contributed by atoms with Gasteiger partial charge in [-0.3, -0.25) is 4.99 Å². The third kappa shape index (κ3) is 4.84. The summed E-state index contributed by atoms with van der Waals surface area (Å²) in [7, 11) is 0.